The first-order chi connectivity index (χ1) is 14.0. The average molecular weight is 443 g/mol. The summed E-state index contributed by atoms with van der Waals surface area (Å²) < 4.78 is 5.84. The van der Waals surface area contributed by atoms with Crippen LogP contribution in [0, 0.1) is 0 Å². The molecule has 1 aromatic heterocycles. The van der Waals surface area contributed by atoms with E-state index in [1.54, 1.807) is 36.4 Å². The van der Waals surface area contributed by atoms with Crippen molar-refractivity contribution in [3.05, 3.63) is 80.9 Å². The molecule has 3 aromatic rings. The summed E-state index contributed by atoms with van der Waals surface area (Å²) in [4.78, 5) is 17.3. The molecule has 1 amide bonds. The molecule has 0 radical (unpaired) electrons. The molecule has 1 aliphatic heterocycles. The summed E-state index contributed by atoms with van der Waals surface area (Å²) >= 11 is 13.6. The molecular weight excluding hydrogens is 427 g/mol. The number of hydrogen-bond donors (Lipinski definition) is 1. The van der Waals surface area contributed by atoms with Crippen molar-refractivity contribution in [3.63, 3.8) is 0 Å². The third-order valence-corrected chi connectivity index (χ3v) is 5.79. The smallest absolute Gasteiger partial charge is 0.264 e. The molecule has 0 spiro atoms. The summed E-state index contributed by atoms with van der Waals surface area (Å²) in [7, 11) is 0. The maximum atomic E-state index is 12.3. The van der Waals surface area contributed by atoms with Gasteiger partial charge in [0.1, 0.15) is 11.5 Å². The van der Waals surface area contributed by atoms with E-state index in [9.17, 15) is 4.79 Å². The number of nitrogens with one attached hydrogen (secondary N) is 1. The Hall–Kier alpha value is -2.47. The van der Waals surface area contributed by atoms with E-state index >= 15 is 0 Å². The fraction of sp³-hybridized carbons (Fsp3) is 0.0909. The molecule has 1 N–H and O–H groups in total. The predicted octanol–water partition coefficient (Wildman–Crippen LogP) is 6.71. The number of hydrogen-bond acceptors (Lipinski definition) is 4. The highest BCUT2D eigenvalue weighted by molar-refractivity contribution is 8.18. The first kappa shape index (κ1) is 19.8. The number of carbonyl (C=O) groups is 1. The highest BCUT2D eigenvalue weighted by Crippen LogP contribution is 2.34. The summed E-state index contributed by atoms with van der Waals surface area (Å²) in [5, 5.41) is 4.43. The number of nitrogens with zero attached hydrogens (tertiary/aromatic N) is 1. The Kier molecular flexibility index (Phi) is 5.81. The molecule has 0 atom stereocenters. The summed E-state index contributed by atoms with van der Waals surface area (Å²) in [6, 6.07) is 16.7. The van der Waals surface area contributed by atoms with Crippen molar-refractivity contribution in [1.29, 1.82) is 0 Å². The van der Waals surface area contributed by atoms with Gasteiger partial charge >= 0.3 is 0 Å². The molecule has 2 heterocycles. The summed E-state index contributed by atoms with van der Waals surface area (Å²) in [5.74, 6) is 0.914. The van der Waals surface area contributed by atoms with Crippen LogP contribution in [-0.4, -0.2) is 11.1 Å². The number of rotatable bonds is 4. The van der Waals surface area contributed by atoms with Crippen molar-refractivity contribution >= 4 is 57.8 Å². The van der Waals surface area contributed by atoms with Crippen LogP contribution in [0.5, 0.6) is 0 Å². The topological polar surface area (TPSA) is 54.6 Å². The lowest BCUT2D eigenvalue weighted by molar-refractivity contribution is -0.115. The van der Waals surface area contributed by atoms with Crippen LogP contribution in [0.2, 0.25) is 10.0 Å². The summed E-state index contributed by atoms with van der Waals surface area (Å²) in [5.41, 5.74) is 2.73. The lowest BCUT2D eigenvalue weighted by atomic mass is 10.2. The van der Waals surface area contributed by atoms with Gasteiger partial charge in [-0.05, 0) is 66.2 Å². The molecule has 4 nitrogen and oxygen atoms in total. The number of furan rings is 1. The minimum absolute atomic E-state index is 0.210. The Bertz CT molecular complexity index is 1130. The molecule has 1 saturated heterocycles. The van der Waals surface area contributed by atoms with Gasteiger partial charge < -0.3 is 9.73 Å². The third-order valence-electron chi connectivity index (χ3n) is 4.32. The van der Waals surface area contributed by atoms with E-state index in [1.165, 1.54) is 17.3 Å². The second-order valence-corrected chi connectivity index (χ2v) is 8.20. The van der Waals surface area contributed by atoms with Crippen LogP contribution in [0.1, 0.15) is 18.2 Å². The SMILES string of the molecule is CCc1ccc(N=C2NC(=O)/C(=C\c3ccc(-c4cc(Cl)ccc4Cl)o3)S2)cc1. The van der Waals surface area contributed by atoms with Crippen molar-refractivity contribution in [2.24, 2.45) is 4.99 Å². The van der Waals surface area contributed by atoms with E-state index in [2.05, 4.69) is 17.2 Å². The quantitative estimate of drug-likeness (QED) is 0.456. The lowest BCUT2D eigenvalue weighted by Gasteiger charge is -2.01. The standard InChI is InChI=1S/C22H16Cl2N2O2S/c1-2-13-3-6-15(7-4-13)25-22-26-21(27)20(29-22)12-16-8-10-19(28-16)17-11-14(23)5-9-18(17)24/h3-12H,2H2,1H3,(H,25,26,27)/b20-12+. The minimum Gasteiger partial charge on any atom is -0.457 e. The van der Waals surface area contributed by atoms with Gasteiger partial charge in [-0.2, -0.15) is 0 Å². The van der Waals surface area contributed by atoms with E-state index < -0.39 is 0 Å². The van der Waals surface area contributed by atoms with Gasteiger partial charge in [0.15, 0.2) is 5.17 Å². The van der Waals surface area contributed by atoms with Crippen LogP contribution in [0.3, 0.4) is 0 Å². The van der Waals surface area contributed by atoms with E-state index in [0.29, 0.717) is 37.2 Å². The largest absolute Gasteiger partial charge is 0.457 e. The molecule has 0 unspecified atom stereocenters. The number of aliphatic imine (C=N–C) groups is 1. The minimum atomic E-state index is -0.210. The van der Waals surface area contributed by atoms with Crippen molar-refractivity contribution < 1.29 is 9.21 Å². The first-order valence-electron chi connectivity index (χ1n) is 8.95. The summed E-state index contributed by atoms with van der Waals surface area (Å²) in [6.07, 6.45) is 2.66. The van der Waals surface area contributed by atoms with Gasteiger partial charge in [0, 0.05) is 16.7 Å². The van der Waals surface area contributed by atoms with Crippen LogP contribution in [-0.2, 0) is 11.2 Å². The van der Waals surface area contributed by atoms with Crippen molar-refractivity contribution in [2.45, 2.75) is 13.3 Å². The molecule has 1 fully saturated rings. The van der Waals surface area contributed by atoms with E-state index in [0.717, 1.165) is 12.1 Å². The number of thioether (sulfide) groups is 1. The van der Waals surface area contributed by atoms with Gasteiger partial charge in [-0.3, -0.25) is 4.79 Å². The average Bonchev–Trinajstić information content (AvgIpc) is 3.31. The molecule has 7 heteroatoms. The molecule has 4 rings (SSSR count). The van der Waals surface area contributed by atoms with Crippen LogP contribution < -0.4 is 5.32 Å². The highest BCUT2D eigenvalue weighted by atomic mass is 35.5. The van der Waals surface area contributed by atoms with Gasteiger partial charge in [0.2, 0.25) is 0 Å². The van der Waals surface area contributed by atoms with Crippen molar-refractivity contribution in [1.82, 2.24) is 5.32 Å². The first-order valence-corrected chi connectivity index (χ1v) is 10.5. The van der Waals surface area contributed by atoms with Gasteiger partial charge in [0.05, 0.1) is 15.6 Å². The predicted molar refractivity (Wildman–Crippen MR) is 121 cm³/mol. The fourth-order valence-electron chi connectivity index (χ4n) is 2.79. The molecule has 0 bridgehead atoms. The number of carbonyl (C=O) groups excluding carboxylic acids is 1. The van der Waals surface area contributed by atoms with Crippen LogP contribution in [0.4, 0.5) is 5.69 Å². The summed E-state index contributed by atoms with van der Waals surface area (Å²) in [6.45, 7) is 2.10. The zero-order chi connectivity index (χ0) is 20.4. The highest BCUT2D eigenvalue weighted by Gasteiger charge is 2.24. The molecule has 29 heavy (non-hydrogen) atoms. The van der Waals surface area contributed by atoms with Crippen molar-refractivity contribution in [3.8, 4) is 11.3 Å². The molecule has 0 saturated carbocycles. The maximum absolute atomic E-state index is 12.3. The molecule has 1 aliphatic rings. The fourth-order valence-corrected chi connectivity index (χ4v) is 4.00. The second-order valence-electron chi connectivity index (χ2n) is 6.33. The Morgan fingerprint density at radius 3 is 2.66 bits per heavy atom. The van der Waals surface area contributed by atoms with Crippen LogP contribution in [0.15, 0.2) is 68.9 Å². The Labute approximate surface area is 182 Å². The van der Waals surface area contributed by atoms with Gasteiger partial charge in [-0.1, -0.05) is 42.3 Å². The number of amides is 1. The lowest BCUT2D eigenvalue weighted by Crippen LogP contribution is -2.19. The molecule has 2 aromatic carbocycles. The zero-order valence-corrected chi connectivity index (χ0v) is 17.7. The second kappa shape index (κ2) is 8.49. The van der Waals surface area contributed by atoms with Gasteiger partial charge in [-0.15, -0.1) is 0 Å². The van der Waals surface area contributed by atoms with Gasteiger partial charge in [0.25, 0.3) is 5.91 Å². The number of aryl methyl sites for hydroxylation is 1. The number of halogens is 2. The maximum Gasteiger partial charge on any atom is 0.264 e. The number of benzene rings is 2. The number of amidine groups is 1. The third kappa shape index (κ3) is 4.58. The monoisotopic (exact) mass is 442 g/mol. The van der Waals surface area contributed by atoms with Gasteiger partial charge in [-0.25, -0.2) is 4.99 Å². The van der Waals surface area contributed by atoms with Crippen LogP contribution in [0.25, 0.3) is 17.4 Å². The molecule has 146 valence electrons. The molecule has 0 aliphatic carbocycles. The zero-order valence-electron chi connectivity index (χ0n) is 15.4. The normalized spacial score (nSPS) is 16.6. The van der Waals surface area contributed by atoms with Crippen LogP contribution >= 0.6 is 35.0 Å². The Morgan fingerprint density at radius 1 is 1.10 bits per heavy atom. The van der Waals surface area contributed by atoms with Crippen molar-refractivity contribution in [2.75, 3.05) is 0 Å². The van der Waals surface area contributed by atoms with E-state index in [1.807, 2.05) is 24.3 Å². The Balaban J connectivity index is 1.54. The van der Waals surface area contributed by atoms with E-state index in [-0.39, 0.29) is 5.91 Å². The molecular formula is C22H16Cl2N2O2S. The van der Waals surface area contributed by atoms with E-state index in [4.69, 9.17) is 27.6 Å². The Morgan fingerprint density at radius 2 is 1.90 bits per heavy atom.